The predicted molar refractivity (Wildman–Crippen MR) is 122 cm³/mol. The highest BCUT2D eigenvalue weighted by atomic mass is 32.2. The molecule has 5 fully saturated rings. The van der Waals surface area contributed by atoms with Crippen LogP contribution < -0.4 is 5.32 Å². The molecule has 1 aromatic heterocycles. The lowest BCUT2D eigenvalue weighted by Crippen LogP contribution is -2.50. The molecule has 2 heterocycles. The molecule has 1 aromatic rings. The van der Waals surface area contributed by atoms with Gasteiger partial charge in [0.15, 0.2) is 9.84 Å². The van der Waals surface area contributed by atoms with Crippen LogP contribution in [0.4, 0.5) is 0 Å². The largest absolute Gasteiger partial charge is 0.473 e. The van der Waals surface area contributed by atoms with Gasteiger partial charge in [-0.25, -0.2) is 18.0 Å². The molecule has 184 valence electrons. The van der Waals surface area contributed by atoms with Crippen LogP contribution in [-0.2, 0) is 26.0 Å². The molecule has 33 heavy (non-hydrogen) atoms. The molecule has 1 unspecified atom stereocenters. The van der Waals surface area contributed by atoms with Gasteiger partial charge >= 0.3 is 11.9 Å². The molecule has 0 aromatic carbocycles. The number of sulfone groups is 1. The Labute approximate surface area is 194 Å². The number of hydrogen-bond acceptors (Lipinski definition) is 6. The topological polar surface area (TPSA) is 139 Å². The maximum atomic E-state index is 11.8. The Balaban J connectivity index is 0.000000385. The molecule has 9 nitrogen and oxygen atoms in total. The molecule has 0 spiro atoms. The van der Waals surface area contributed by atoms with Crippen molar-refractivity contribution in [1.82, 2.24) is 15.1 Å². The van der Waals surface area contributed by atoms with Crippen LogP contribution in [0, 0.1) is 37.0 Å². The smallest absolute Gasteiger partial charge is 0.414 e. The first kappa shape index (κ1) is 24.2. The van der Waals surface area contributed by atoms with Gasteiger partial charge in [0.05, 0.1) is 23.2 Å². The fourth-order valence-corrected chi connectivity index (χ4v) is 8.93. The van der Waals surface area contributed by atoms with Crippen molar-refractivity contribution in [3.63, 3.8) is 0 Å². The average molecular weight is 482 g/mol. The zero-order chi connectivity index (χ0) is 24.0. The molecule has 10 heteroatoms. The lowest BCUT2D eigenvalue weighted by atomic mass is 9.49. The van der Waals surface area contributed by atoms with E-state index < -0.39 is 21.8 Å². The minimum atomic E-state index is -2.88. The van der Waals surface area contributed by atoms with Crippen molar-refractivity contribution in [2.45, 2.75) is 71.4 Å². The molecular weight excluding hydrogens is 446 g/mol. The molecule has 1 atom stereocenters. The number of aryl methyl sites for hydroxylation is 1. The van der Waals surface area contributed by atoms with Crippen molar-refractivity contribution in [1.29, 1.82) is 0 Å². The Hall–Kier alpha value is -1.94. The summed E-state index contributed by atoms with van der Waals surface area (Å²) in [5.41, 5.74) is 4.01. The summed E-state index contributed by atoms with van der Waals surface area (Å²) in [7, 11) is -2.88. The minimum Gasteiger partial charge on any atom is -0.473 e. The molecule has 3 N–H and O–H groups in total. The predicted octanol–water partition coefficient (Wildman–Crippen LogP) is 2.32. The zero-order valence-electron chi connectivity index (χ0n) is 19.4. The Morgan fingerprint density at radius 1 is 1.06 bits per heavy atom. The van der Waals surface area contributed by atoms with Crippen molar-refractivity contribution in [2.24, 2.45) is 23.2 Å². The number of hydrogen-bond donors (Lipinski definition) is 3. The van der Waals surface area contributed by atoms with E-state index in [4.69, 9.17) is 24.9 Å². The number of nitrogens with one attached hydrogen (secondary N) is 1. The van der Waals surface area contributed by atoms with Crippen LogP contribution in [0.2, 0.25) is 0 Å². The van der Waals surface area contributed by atoms with E-state index >= 15 is 0 Å². The van der Waals surface area contributed by atoms with Gasteiger partial charge in [-0.1, -0.05) is 0 Å². The summed E-state index contributed by atoms with van der Waals surface area (Å²) < 4.78 is 25.7. The van der Waals surface area contributed by atoms with E-state index in [0.717, 1.165) is 42.2 Å². The number of nitrogens with zero attached hydrogens (tertiary/aromatic N) is 2. The normalized spacial score (nSPS) is 33.5. The molecule has 0 amide bonds. The van der Waals surface area contributed by atoms with E-state index in [1.807, 2.05) is 4.68 Å². The number of carbonyl (C=O) groups is 2. The summed E-state index contributed by atoms with van der Waals surface area (Å²) in [4.78, 5) is 18.2. The van der Waals surface area contributed by atoms with Crippen molar-refractivity contribution in [3.05, 3.63) is 17.0 Å². The number of carboxylic acid groups (broad SMARTS) is 2. The Bertz CT molecular complexity index is 984. The van der Waals surface area contributed by atoms with E-state index in [1.54, 1.807) is 0 Å². The first-order valence-corrected chi connectivity index (χ1v) is 13.7. The van der Waals surface area contributed by atoms with Gasteiger partial charge in [0.1, 0.15) is 0 Å². The van der Waals surface area contributed by atoms with Crippen LogP contribution in [0.15, 0.2) is 0 Å². The van der Waals surface area contributed by atoms with Gasteiger partial charge in [0.2, 0.25) is 0 Å². The minimum absolute atomic E-state index is 0.0191. The molecular formula is C23H35N3O6S. The lowest BCUT2D eigenvalue weighted by molar-refractivity contribution is -0.159. The first-order valence-electron chi connectivity index (χ1n) is 11.9. The monoisotopic (exact) mass is 481 g/mol. The first-order chi connectivity index (χ1) is 15.5. The maximum absolute atomic E-state index is 11.8. The van der Waals surface area contributed by atoms with Crippen LogP contribution in [0.1, 0.15) is 67.9 Å². The molecule has 1 aliphatic heterocycles. The van der Waals surface area contributed by atoms with Crippen molar-refractivity contribution >= 4 is 21.8 Å². The fraction of sp³-hybridized carbons (Fsp3) is 0.783. The number of carboxylic acids is 2. The second-order valence-electron chi connectivity index (χ2n) is 10.8. The molecule has 4 aliphatic carbocycles. The molecule has 5 aliphatic rings. The molecule has 1 saturated heterocycles. The second kappa shape index (κ2) is 9.02. The van der Waals surface area contributed by atoms with Gasteiger partial charge < -0.3 is 15.5 Å². The quantitative estimate of drug-likeness (QED) is 0.545. The lowest BCUT2D eigenvalue weighted by Gasteiger charge is -2.57. The summed E-state index contributed by atoms with van der Waals surface area (Å²) in [5, 5.41) is 23.3. The summed E-state index contributed by atoms with van der Waals surface area (Å²) >= 11 is 0. The van der Waals surface area contributed by atoms with Gasteiger partial charge in [-0.15, -0.1) is 0 Å². The van der Waals surface area contributed by atoms with Crippen molar-refractivity contribution < 1.29 is 28.2 Å². The highest BCUT2D eigenvalue weighted by molar-refractivity contribution is 7.91. The summed E-state index contributed by atoms with van der Waals surface area (Å²) in [6, 6.07) is 0.0191. The number of aliphatic carboxylic acids is 2. The van der Waals surface area contributed by atoms with E-state index in [0.29, 0.717) is 17.6 Å². The van der Waals surface area contributed by atoms with Crippen LogP contribution in [-0.4, -0.2) is 58.4 Å². The summed E-state index contributed by atoms with van der Waals surface area (Å²) in [6.07, 6.45) is 9.48. The van der Waals surface area contributed by atoms with E-state index in [1.165, 1.54) is 44.1 Å². The SMILES string of the molecule is Cc1nn(C2CCS(=O)(=O)C2)c(C)c1CNCC12CC3CC(CC(C3)C1)C2.O=C(O)C(=O)O. The number of aromatic nitrogens is 2. The van der Waals surface area contributed by atoms with Crippen LogP contribution in [0.5, 0.6) is 0 Å². The Kier molecular flexibility index (Phi) is 6.61. The molecule has 4 bridgehead atoms. The average Bonchev–Trinajstić information content (AvgIpc) is 3.20. The number of rotatable bonds is 5. The van der Waals surface area contributed by atoms with Crippen LogP contribution >= 0.6 is 0 Å². The Morgan fingerprint density at radius 2 is 1.61 bits per heavy atom. The third-order valence-electron chi connectivity index (χ3n) is 8.18. The standard InChI is InChI=1S/C21H33N3O2S.C2H2O4/c1-14-20(15(2)24(23-14)19-3-4-27(25,26)12-19)11-22-13-21-8-16-5-17(9-21)7-18(6-16)10-21;3-1(4)2(5)6/h16-19,22H,3-13H2,1-2H3;(H,3,4)(H,5,6). The van der Waals surface area contributed by atoms with Crippen molar-refractivity contribution in [2.75, 3.05) is 18.1 Å². The van der Waals surface area contributed by atoms with Crippen LogP contribution in [0.3, 0.4) is 0 Å². The highest BCUT2D eigenvalue weighted by Crippen LogP contribution is 2.59. The zero-order valence-corrected chi connectivity index (χ0v) is 20.2. The van der Waals surface area contributed by atoms with E-state index in [-0.39, 0.29) is 11.8 Å². The molecule has 0 radical (unpaired) electrons. The van der Waals surface area contributed by atoms with Gasteiger partial charge in [-0.3, -0.25) is 4.68 Å². The molecule has 6 rings (SSSR count). The van der Waals surface area contributed by atoms with Crippen molar-refractivity contribution in [3.8, 4) is 0 Å². The third-order valence-corrected chi connectivity index (χ3v) is 9.93. The maximum Gasteiger partial charge on any atom is 0.414 e. The van der Waals surface area contributed by atoms with E-state index in [9.17, 15) is 8.42 Å². The van der Waals surface area contributed by atoms with Crippen LogP contribution in [0.25, 0.3) is 0 Å². The molecule has 4 saturated carbocycles. The van der Waals surface area contributed by atoms with Gasteiger partial charge in [-0.05, 0) is 82.0 Å². The summed E-state index contributed by atoms with van der Waals surface area (Å²) in [5.74, 6) is -0.120. The fourth-order valence-electron chi connectivity index (χ4n) is 7.24. The Morgan fingerprint density at radius 3 is 2.06 bits per heavy atom. The third kappa shape index (κ3) is 5.26. The van der Waals surface area contributed by atoms with Gasteiger partial charge in [0, 0.05) is 24.3 Å². The van der Waals surface area contributed by atoms with Gasteiger partial charge in [0.25, 0.3) is 0 Å². The summed E-state index contributed by atoms with van der Waals surface area (Å²) in [6.45, 7) is 6.17. The highest BCUT2D eigenvalue weighted by Gasteiger charge is 2.50. The second-order valence-corrected chi connectivity index (χ2v) is 13.0. The van der Waals surface area contributed by atoms with E-state index in [2.05, 4.69) is 19.2 Å². The van der Waals surface area contributed by atoms with Gasteiger partial charge in [-0.2, -0.15) is 5.10 Å².